The van der Waals surface area contributed by atoms with E-state index in [4.69, 9.17) is 4.74 Å². The van der Waals surface area contributed by atoms with Crippen LogP contribution in [0.5, 0.6) is 5.75 Å². The fourth-order valence-electron chi connectivity index (χ4n) is 2.94. The van der Waals surface area contributed by atoms with Crippen LogP contribution < -0.4 is 4.74 Å². The fourth-order valence-corrected chi connectivity index (χ4v) is 3.64. The first-order valence-corrected chi connectivity index (χ1v) is 10.0. The van der Waals surface area contributed by atoms with Crippen molar-refractivity contribution in [1.82, 2.24) is 9.97 Å². The zero-order chi connectivity index (χ0) is 21.1. The second kappa shape index (κ2) is 8.63. The molecule has 0 bridgehead atoms. The van der Waals surface area contributed by atoms with Crippen molar-refractivity contribution in [3.05, 3.63) is 92.8 Å². The van der Waals surface area contributed by atoms with E-state index < -0.39 is 0 Å². The van der Waals surface area contributed by atoms with Crippen LogP contribution >= 0.6 is 22.6 Å². The Morgan fingerprint density at radius 2 is 1.93 bits per heavy atom. The largest absolute Gasteiger partial charge is 0.488 e. The molecule has 4 aromatic rings. The highest BCUT2D eigenvalue weighted by atomic mass is 127. The van der Waals surface area contributed by atoms with Crippen molar-refractivity contribution in [3.63, 3.8) is 0 Å². The predicted octanol–water partition coefficient (Wildman–Crippen LogP) is 6.09. The topological polar surface area (TPSA) is 61.7 Å². The van der Waals surface area contributed by atoms with Gasteiger partial charge in [0.2, 0.25) is 0 Å². The van der Waals surface area contributed by atoms with Crippen LogP contribution in [0.2, 0.25) is 0 Å². The molecule has 1 N–H and O–H groups in total. The maximum absolute atomic E-state index is 13.4. The van der Waals surface area contributed by atoms with E-state index in [0.29, 0.717) is 28.2 Å². The highest BCUT2D eigenvalue weighted by Gasteiger charge is 2.10. The number of nitriles is 1. The van der Waals surface area contributed by atoms with Crippen molar-refractivity contribution < 1.29 is 13.5 Å². The molecule has 0 spiro atoms. The Hall–Kier alpha value is -3.25. The molecule has 0 aliphatic carbocycles. The molecule has 4 nitrogen and oxygen atoms in total. The zero-order valence-corrected chi connectivity index (χ0v) is 17.7. The van der Waals surface area contributed by atoms with Gasteiger partial charge in [-0.15, -0.1) is 0 Å². The summed E-state index contributed by atoms with van der Waals surface area (Å²) in [5.41, 5.74) is 2.98. The Bertz CT molecular complexity index is 1310. The first-order chi connectivity index (χ1) is 14.5. The van der Waals surface area contributed by atoms with Gasteiger partial charge in [0.1, 0.15) is 35.9 Å². The van der Waals surface area contributed by atoms with Gasteiger partial charge in [0.15, 0.2) is 0 Å². The average molecular weight is 513 g/mol. The van der Waals surface area contributed by atoms with Crippen molar-refractivity contribution in [3.8, 4) is 11.8 Å². The smallest absolute Gasteiger partial charge is 0.149 e. The molecular formula is C23H14F2IN3O. The van der Waals surface area contributed by atoms with Crippen molar-refractivity contribution >= 4 is 45.3 Å². The molecule has 0 radical (unpaired) electrons. The Balaban J connectivity index is 1.56. The number of rotatable bonds is 5. The highest BCUT2D eigenvalue weighted by Crippen LogP contribution is 2.26. The fraction of sp³-hybridized carbons (Fsp3) is 0.0435. The van der Waals surface area contributed by atoms with Crippen molar-refractivity contribution in [2.75, 3.05) is 0 Å². The lowest BCUT2D eigenvalue weighted by molar-refractivity contribution is 0.303. The Morgan fingerprint density at radius 3 is 2.70 bits per heavy atom. The molecule has 148 valence electrons. The van der Waals surface area contributed by atoms with E-state index in [-0.39, 0.29) is 18.2 Å². The first kappa shape index (κ1) is 20.0. The third-order valence-corrected chi connectivity index (χ3v) is 5.21. The number of hydrogen-bond acceptors (Lipinski definition) is 3. The number of nitrogens with zero attached hydrogens (tertiary/aromatic N) is 2. The lowest BCUT2D eigenvalue weighted by Crippen LogP contribution is -1.97. The number of halogens is 3. The van der Waals surface area contributed by atoms with E-state index in [1.165, 1.54) is 24.3 Å². The minimum absolute atomic E-state index is 0.252. The summed E-state index contributed by atoms with van der Waals surface area (Å²) in [5, 5.41) is 9.57. The predicted molar refractivity (Wildman–Crippen MR) is 119 cm³/mol. The summed E-state index contributed by atoms with van der Waals surface area (Å²) in [6, 6.07) is 18.1. The van der Waals surface area contributed by atoms with Crippen LogP contribution in [0.4, 0.5) is 8.78 Å². The van der Waals surface area contributed by atoms with Crippen LogP contribution in [0, 0.1) is 26.5 Å². The van der Waals surface area contributed by atoms with E-state index in [1.54, 1.807) is 30.3 Å². The second-order valence-corrected chi connectivity index (χ2v) is 7.69. The van der Waals surface area contributed by atoms with E-state index in [9.17, 15) is 14.0 Å². The van der Waals surface area contributed by atoms with Gasteiger partial charge in [-0.3, -0.25) is 0 Å². The number of aromatic nitrogens is 2. The van der Waals surface area contributed by atoms with Crippen LogP contribution in [0.3, 0.4) is 0 Å². The first-order valence-electron chi connectivity index (χ1n) is 8.96. The molecule has 1 heterocycles. The van der Waals surface area contributed by atoms with Crippen LogP contribution in [0.15, 0.2) is 60.7 Å². The molecule has 0 fully saturated rings. The third-order valence-electron chi connectivity index (χ3n) is 4.37. The van der Waals surface area contributed by atoms with Gasteiger partial charge in [-0.25, -0.2) is 13.8 Å². The third kappa shape index (κ3) is 4.49. The summed E-state index contributed by atoms with van der Waals surface area (Å²) >= 11 is 2.15. The van der Waals surface area contributed by atoms with Gasteiger partial charge in [0, 0.05) is 0 Å². The normalized spacial score (nSPS) is 11.5. The molecule has 0 saturated heterocycles. The number of ether oxygens (including phenoxy) is 1. The number of hydrogen-bond donors (Lipinski definition) is 1. The minimum atomic E-state index is -0.372. The average Bonchev–Trinajstić information content (AvgIpc) is 3.14. The SMILES string of the molecule is N#C/C(=C/c1ccc(OCc2cccc(F)c2)c(I)c1)c1nc2ccc(F)cc2[nH]1. The number of H-pyrrole nitrogens is 1. The summed E-state index contributed by atoms with van der Waals surface area (Å²) in [6.07, 6.45) is 1.70. The van der Waals surface area contributed by atoms with E-state index in [2.05, 4.69) is 38.6 Å². The summed E-state index contributed by atoms with van der Waals surface area (Å²) in [7, 11) is 0. The minimum Gasteiger partial charge on any atom is -0.488 e. The number of fused-ring (bicyclic) bond motifs is 1. The molecule has 3 aromatic carbocycles. The number of allylic oxidation sites excluding steroid dienone is 1. The Kier molecular flexibility index (Phi) is 5.77. The highest BCUT2D eigenvalue weighted by molar-refractivity contribution is 14.1. The molecule has 0 unspecified atom stereocenters. The van der Waals surface area contributed by atoms with Crippen molar-refractivity contribution in [2.45, 2.75) is 6.61 Å². The van der Waals surface area contributed by atoms with Crippen molar-refractivity contribution in [2.24, 2.45) is 0 Å². The van der Waals surface area contributed by atoms with Gasteiger partial charge >= 0.3 is 0 Å². The second-order valence-electron chi connectivity index (χ2n) is 6.53. The van der Waals surface area contributed by atoms with Gasteiger partial charge < -0.3 is 9.72 Å². The lowest BCUT2D eigenvalue weighted by atomic mass is 10.1. The molecule has 0 amide bonds. The van der Waals surface area contributed by atoms with E-state index in [0.717, 1.165) is 14.7 Å². The Labute approximate surface area is 185 Å². The van der Waals surface area contributed by atoms with Gasteiger partial charge in [0.05, 0.1) is 20.2 Å². The molecule has 0 aliphatic heterocycles. The molecule has 7 heteroatoms. The van der Waals surface area contributed by atoms with Crippen LogP contribution in [-0.2, 0) is 6.61 Å². The molecule has 0 atom stereocenters. The summed E-state index contributed by atoms with van der Waals surface area (Å²) in [6.45, 7) is 0.252. The monoisotopic (exact) mass is 513 g/mol. The quantitative estimate of drug-likeness (QED) is 0.260. The van der Waals surface area contributed by atoms with Gasteiger partial charge in [-0.1, -0.05) is 18.2 Å². The standard InChI is InChI=1S/C23H14F2IN3O/c24-17-3-1-2-15(9-17)13-30-22-7-4-14(10-19(22)26)8-16(12-27)23-28-20-6-5-18(25)11-21(20)29-23/h1-11H,13H2,(H,28,29)/b16-8-. The Morgan fingerprint density at radius 1 is 1.10 bits per heavy atom. The van der Waals surface area contributed by atoms with Gasteiger partial charge in [-0.2, -0.15) is 5.26 Å². The zero-order valence-electron chi connectivity index (χ0n) is 15.5. The van der Waals surface area contributed by atoms with E-state index >= 15 is 0 Å². The molecular weight excluding hydrogens is 499 g/mol. The van der Waals surface area contributed by atoms with Crippen LogP contribution in [-0.4, -0.2) is 9.97 Å². The molecule has 0 aliphatic rings. The summed E-state index contributed by atoms with van der Waals surface area (Å²) < 4.78 is 33.3. The number of nitrogens with one attached hydrogen (secondary N) is 1. The number of aromatic amines is 1. The molecule has 1 aromatic heterocycles. The maximum atomic E-state index is 13.4. The lowest BCUT2D eigenvalue weighted by Gasteiger charge is -2.09. The van der Waals surface area contributed by atoms with Crippen LogP contribution in [0.25, 0.3) is 22.7 Å². The van der Waals surface area contributed by atoms with Gasteiger partial charge in [-0.05, 0) is 82.3 Å². The molecule has 4 rings (SSSR count). The van der Waals surface area contributed by atoms with E-state index in [1.807, 2.05) is 12.1 Å². The van der Waals surface area contributed by atoms with Crippen LogP contribution in [0.1, 0.15) is 17.0 Å². The number of imidazole rings is 1. The van der Waals surface area contributed by atoms with Gasteiger partial charge in [0.25, 0.3) is 0 Å². The maximum Gasteiger partial charge on any atom is 0.149 e. The van der Waals surface area contributed by atoms with Crippen molar-refractivity contribution in [1.29, 1.82) is 5.26 Å². The molecule has 0 saturated carbocycles. The number of benzene rings is 3. The molecule has 30 heavy (non-hydrogen) atoms. The summed E-state index contributed by atoms with van der Waals surface area (Å²) in [5.74, 6) is 0.362. The summed E-state index contributed by atoms with van der Waals surface area (Å²) in [4.78, 5) is 7.34.